The maximum absolute atomic E-state index is 13.0. The van der Waals surface area contributed by atoms with Gasteiger partial charge in [-0.2, -0.15) is 13.2 Å². The molecule has 1 atom stereocenters. The number of hydrogen-bond acceptors (Lipinski definition) is 3. The highest BCUT2D eigenvalue weighted by Gasteiger charge is 2.30. The first-order chi connectivity index (χ1) is 13.5. The van der Waals surface area contributed by atoms with Gasteiger partial charge in [-0.3, -0.25) is 4.79 Å². The molecule has 1 heterocycles. The molecule has 1 aliphatic carbocycles. The number of carbonyl (C=O) groups excluding carboxylic acids is 1. The van der Waals surface area contributed by atoms with Crippen LogP contribution < -0.4 is 4.74 Å². The molecule has 28 heavy (non-hydrogen) atoms. The summed E-state index contributed by atoms with van der Waals surface area (Å²) in [4.78, 5) is 15.5. The van der Waals surface area contributed by atoms with Crippen molar-refractivity contribution in [2.24, 2.45) is 11.8 Å². The zero-order valence-corrected chi connectivity index (χ0v) is 16.0. The normalized spacial score (nSPS) is 20.0. The second-order valence-electron chi connectivity index (χ2n) is 7.58. The summed E-state index contributed by atoms with van der Waals surface area (Å²) >= 11 is 0. The minimum atomic E-state index is -3.67. The predicted octanol–water partition coefficient (Wildman–Crippen LogP) is 5.33. The smallest absolute Gasteiger partial charge is 0.379 e. The number of ether oxygens (including phenoxy) is 1. The van der Waals surface area contributed by atoms with Gasteiger partial charge in [0.2, 0.25) is 0 Å². The number of carbonyl (C=O) groups is 1. The second-order valence-corrected chi connectivity index (χ2v) is 7.58. The fraction of sp³-hybridized carbons (Fsp3) is 0.500. The summed E-state index contributed by atoms with van der Waals surface area (Å²) in [6, 6.07) is 12.1. The van der Waals surface area contributed by atoms with Crippen LogP contribution in [0.5, 0.6) is 5.75 Å². The SMILES string of the molecule is COc1ccc2cc(C(=O)C3CCCN(CC4CC4)C3)ccc2c1.FC(F)F. The zero-order chi connectivity index (χ0) is 20.1. The molecule has 1 aliphatic heterocycles. The molecule has 2 aromatic carbocycles. The van der Waals surface area contributed by atoms with E-state index in [-0.39, 0.29) is 5.92 Å². The Bertz CT molecular complexity index is 805. The Hall–Kier alpha value is -2.08. The number of ketones is 1. The number of fused-ring (bicyclic) bond motifs is 1. The fourth-order valence-corrected chi connectivity index (χ4v) is 3.84. The molecule has 0 radical (unpaired) electrons. The minimum Gasteiger partial charge on any atom is -0.497 e. The van der Waals surface area contributed by atoms with Crippen molar-refractivity contribution in [3.8, 4) is 5.75 Å². The molecular formula is C22H26F3NO2. The number of benzene rings is 2. The lowest BCUT2D eigenvalue weighted by Crippen LogP contribution is -2.39. The van der Waals surface area contributed by atoms with E-state index in [1.54, 1.807) is 7.11 Å². The van der Waals surface area contributed by atoms with E-state index in [0.717, 1.165) is 53.9 Å². The Labute approximate surface area is 163 Å². The van der Waals surface area contributed by atoms with Gasteiger partial charge in [0.05, 0.1) is 7.11 Å². The van der Waals surface area contributed by atoms with E-state index < -0.39 is 6.68 Å². The van der Waals surface area contributed by atoms with E-state index in [9.17, 15) is 18.0 Å². The molecule has 1 saturated heterocycles. The van der Waals surface area contributed by atoms with Crippen LogP contribution in [0, 0.1) is 11.8 Å². The molecule has 0 spiro atoms. The summed E-state index contributed by atoms with van der Waals surface area (Å²) in [7, 11) is 1.68. The number of alkyl halides is 3. The van der Waals surface area contributed by atoms with Gasteiger partial charge in [-0.05, 0) is 67.1 Å². The first kappa shape index (κ1) is 20.6. The number of nitrogens with zero attached hydrogens (tertiary/aromatic N) is 1. The fourth-order valence-electron chi connectivity index (χ4n) is 3.84. The minimum absolute atomic E-state index is 0.160. The first-order valence-electron chi connectivity index (χ1n) is 9.73. The Kier molecular flexibility index (Phi) is 6.94. The summed E-state index contributed by atoms with van der Waals surface area (Å²) in [5.74, 6) is 2.22. The van der Waals surface area contributed by atoms with Crippen LogP contribution in [-0.4, -0.2) is 44.1 Å². The van der Waals surface area contributed by atoms with E-state index in [2.05, 4.69) is 4.90 Å². The number of likely N-dealkylation sites (tertiary alicyclic amines) is 1. The van der Waals surface area contributed by atoms with Gasteiger partial charge >= 0.3 is 6.68 Å². The van der Waals surface area contributed by atoms with E-state index in [4.69, 9.17) is 4.74 Å². The van der Waals surface area contributed by atoms with Crippen LogP contribution in [0.15, 0.2) is 36.4 Å². The molecule has 0 amide bonds. The van der Waals surface area contributed by atoms with Crippen LogP contribution in [-0.2, 0) is 0 Å². The summed E-state index contributed by atoms with van der Waals surface area (Å²) < 4.78 is 34.3. The number of halogens is 3. The third-order valence-electron chi connectivity index (χ3n) is 5.42. The van der Waals surface area contributed by atoms with Gasteiger partial charge in [0.25, 0.3) is 0 Å². The van der Waals surface area contributed by atoms with Crippen molar-refractivity contribution in [3.05, 3.63) is 42.0 Å². The number of rotatable bonds is 5. The molecular weight excluding hydrogens is 367 g/mol. The maximum Gasteiger partial charge on any atom is 0.379 e. The van der Waals surface area contributed by atoms with Gasteiger partial charge in [-0.15, -0.1) is 0 Å². The molecule has 152 valence electrons. The van der Waals surface area contributed by atoms with Crippen molar-refractivity contribution in [2.45, 2.75) is 32.4 Å². The molecule has 2 aliphatic rings. The van der Waals surface area contributed by atoms with Crippen molar-refractivity contribution >= 4 is 16.6 Å². The van der Waals surface area contributed by atoms with E-state index in [1.165, 1.54) is 19.4 Å². The molecule has 6 heteroatoms. The van der Waals surface area contributed by atoms with Gasteiger partial charge in [0.1, 0.15) is 5.75 Å². The summed E-state index contributed by atoms with van der Waals surface area (Å²) in [6.45, 7) is -0.366. The topological polar surface area (TPSA) is 29.5 Å². The third-order valence-corrected chi connectivity index (χ3v) is 5.42. The highest BCUT2D eigenvalue weighted by Crippen LogP contribution is 2.32. The lowest BCUT2D eigenvalue weighted by atomic mass is 9.89. The lowest BCUT2D eigenvalue weighted by Gasteiger charge is -2.32. The second kappa shape index (κ2) is 9.41. The molecule has 0 aromatic heterocycles. The molecule has 2 fully saturated rings. The van der Waals surface area contributed by atoms with Crippen LogP contribution in [0.1, 0.15) is 36.0 Å². The summed E-state index contributed by atoms with van der Waals surface area (Å²) in [5, 5.41) is 2.22. The Morgan fingerprint density at radius 3 is 2.46 bits per heavy atom. The van der Waals surface area contributed by atoms with Gasteiger partial charge < -0.3 is 9.64 Å². The van der Waals surface area contributed by atoms with E-state index in [1.807, 2.05) is 36.4 Å². The number of hydrogen-bond donors (Lipinski definition) is 0. The monoisotopic (exact) mass is 393 g/mol. The molecule has 3 nitrogen and oxygen atoms in total. The van der Waals surface area contributed by atoms with Crippen molar-refractivity contribution in [2.75, 3.05) is 26.7 Å². The molecule has 1 unspecified atom stereocenters. The molecule has 0 N–H and O–H groups in total. The Morgan fingerprint density at radius 1 is 1.11 bits per heavy atom. The molecule has 0 bridgehead atoms. The Balaban J connectivity index is 0.000000516. The van der Waals surface area contributed by atoms with Gasteiger partial charge in [-0.25, -0.2) is 0 Å². The first-order valence-corrected chi connectivity index (χ1v) is 9.73. The quantitative estimate of drug-likeness (QED) is 0.643. The lowest BCUT2D eigenvalue weighted by molar-refractivity contribution is 0.00818. The van der Waals surface area contributed by atoms with Crippen LogP contribution in [0.3, 0.4) is 0 Å². The van der Waals surface area contributed by atoms with Crippen LogP contribution >= 0.6 is 0 Å². The third kappa shape index (κ3) is 5.71. The number of Topliss-reactive ketones (excluding diaryl/α,β-unsaturated/α-hetero) is 1. The molecule has 4 rings (SSSR count). The van der Waals surface area contributed by atoms with E-state index in [0.29, 0.717) is 5.78 Å². The zero-order valence-electron chi connectivity index (χ0n) is 16.0. The van der Waals surface area contributed by atoms with Crippen LogP contribution in [0.4, 0.5) is 13.2 Å². The predicted molar refractivity (Wildman–Crippen MR) is 104 cm³/mol. The van der Waals surface area contributed by atoms with Crippen molar-refractivity contribution in [3.63, 3.8) is 0 Å². The number of methoxy groups -OCH3 is 1. The largest absolute Gasteiger partial charge is 0.497 e. The average Bonchev–Trinajstić information content (AvgIpc) is 3.50. The van der Waals surface area contributed by atoms with E-state index >= 15 is 0 Å². The maximum atomic E-state index is 13.0. The highest BCUT2D eigenvalue weighted by molar-refractivity contribution is 6.01. The van der Waals surface area contributed by atoms with Crippen molar-refractivity contribution in [1.82, 2.24) is 4.90 Å². The molecule has 1 saturated carbocycles. The van der Waals surface area contributed by atoms with Crippen LogP contribution in [0.25, 0.3) is 10.8 Å². The van der Waals surface area contributed by atoms with Crippen molar-refractivity contribution < 1.29 is 22.7 Å². The van der Waals surface area contributed by atoms with Crippen molar-refractivity contribution in [1.29, 1.82) is 0 Å². The standard InChI is InChI=1S/C21H25NO2.CHF3/c1-24-20-9-8-16-11-18(7-6-17(16)12-20)21(23)19-3-2-10-22(14-19)13-15-4-5-15;2-1(3)4/h6-9,11-12,15,19H,2-5,10,13-14H2,1H3;1H. The van der Waals surface area contributed by atoms with Gasteiger partial charge in [-0.1, -0.05) is 18.2 Å². The van der Waals surface area contributed by atoms with Crippen LogP contribution in [0.2, 0.25) is 0 Å². The average molecular weight is 393 g/mol. The summed E-state index contributed by atoms with van der Waals surface area (Å²) in [6.07, 6.45) is 4.93. The van der Waals surface area contributed by atoms with Gasteiger partial charge in [0, 0.05) is 24.6 Å². The number of piperidine rings is 1. The summed E-state index contributed by atoms with van der Waals surface area (Å²) in [5.41, 5.74) is 0.853. The molecule has 2 aromatic rings. The highest BCUT2D eigenvalue weighted by atomic mass is 19.4. The Morgan fingerprint density at radius 2 is 1.79 bits per heavy atom. The van der Waals surface area contributed by atoms with Gasteiger partial charge in [0.15, 0.2) is 5.78 Å².